The minimum Gasteiger partial charge on any atom is -0.398 e. The Kier molecular flexibility index (Phi) is 3.94. The van der Waals surface area contributed by atoms with Crippen LogP contribution in [0.3, 0.4) is 0 Å². The molecular formula is C16H24FN3. The quantitative estimate of drug-likeness (QED) is 0.842. The molecule has 3 nitrogen and oxygen atoms in total. The van der Waals surface area contributed by atoms with Crippen LogP contribution < -0.4 is 5.73 Å². The molecule has 4 heteroatoms. The van der Waals surface area contributed by atoms with Crippen molar-refractivity contribution < 1.29 is 4.39 Å². The fraction of sp³-hybridized carbons (Fsp3) is 0.625. The van der Waals surface area contributed by atoms with Gasteiger partial charge in [0.15, 0.2) is 0 Å². The van der Waals surface area contributed by atoms with Gasteiger partial charge in [-0.2, -0.15) is 0 Å². The number of piperidine rings is 2. The summed E-state index contributed by atoms with van der Waals surface area (Å²) in [7, 11) is 2.25. The van der Waals surface area contributed by atoms with Crippen LogP contribution in [0.4, 0.5) is 10.1 Å². The molecule has 0 aliphatic carbocycles. The number of benzene rings is 1. The van der Waals surface area contributed by atoms with Crippen molar-refractivity contribution in [3.8, 4) is 0 Å². The summed E-state index contributed by atoms with van der Waals surface area (Å²) in [6.07, 6.45) is 3.89. The number of halogens is 1. The summed E-state index contributed by atoms with van der Waals surface area (Å²) >= 11 is 0. The highest BCUT2D eigenvalue weighted by atomic mass is 19.1. The first kappa shape index (κ1) is 13.8. The minimum absolute atomic E-state index is 0.251. The number of anilines is 1. The zero-order valence-corrected chi connectivity index (χ0v) is 12.2. The molecule has 20 heavy (non-hydrogen) atoms. The van der Waals surface area contributed by atoms with E-state index in [2.05, 4.69) is 16.8 Å². The Morgan fingerprint density at radius 3 is 2.95 bits per heavy atom. The first-order valence-electron chi connectivity index (χ1n) is 7.60. The number of nitrogen functional groups attached to an aromatic ring is 1. The number of nitrogens with two attached hydrogens (primary N) is 1. The largest absolute Gasteiger partial charge is 0.398 e. The molecule has 2 aliphatic rings. The van der Waals surface area contributed by atoms with Gasteiger partial charge in [-0.15, -0.1) is 0 Å². The summed E-state index contributed by atoms with van der Waals surface area (Å²) in [5, 5.41) is 0. The maximum atomic E-state index is 13.1. The predicted octanol–water partition coefficient (Wildman–Crippen LogP) is 2.32. The Hall–Kier alpha value is -1.13. The van der Waals surface area contributed by atoms with E-state index in [1.807, 2.05) is 6.07 Å². The van der Waals surface area contributed by atoms with Gasteiger partial charge in [0, 0.05) is 24.8 Å². The average Bonchev–Trinajstić information content (AvgIpc) is 2.42. The van der Waals surface area contributed by atoms with Gasteiger partial charge in [0.2, 0.25) is 0 Å². The molecule has 2 atom stereocenters. The molecule has 0 radical (unpaired) electrons. The maximum Gasteiger partial charge on any atom is 0.125 e. The molecule has 0 bridgehead atoms. The lowest BCUT2D eigenvalue weighted by atomic mass is 9.84. The fourth-order valence-corrected chi connectivity index (χ4v) is 3.82. The highest BCUT2D eigenvalue weighted by molar-refractivity contribution is 5.46. The van der Waals surface area contributed by atoms with Gasteiger partial charge in [-0.25, -0.2) is 4.39 Å². The lowest BCUT2D eigenvalue weighted by Gasteiger charge is -2.46. The summed E-state index contributed by atoms with van der Waals surface area (Å²) in [6.45, 7) is 4.35. The number of fused-ring (bicyclic) bond motifs is 1. The van der Waals surface area contributed by atoms with Crippen LogP contribution in [-0.2, 0) is 6.54 Å². The van der Waals surface area contributed by atoms with Crippen LogP contribution in [0.2, 0.25) is 0 Å². The lowest BCUT2D eigenvalue weighted by Crippen LogP contribution is -2.52. The maximum absolute atomic E-state index is 13.1. The number of likely N-dealkylation sites (tertiary alicyclic amines) is 2. The first-order chi connectivity index (χ1) is 9.63. The average molecular weight is 277 g/mol. The molecule has 1 aromatic rings. The third-order valence-corrected chi connectivity index (χ3v) is 4.93. The molecule has 2 saturated heterocycles. The molecule has 2 aliphatic heterocycles. The van der Waals surface area contributed by atoms with E-state index in [-0.39, 0.29) is 5.82 Å². The number of rotatable bonds is 2. The molecule has 0 aromatic heterocycles. The molecular weight excluding hydrogens is 253 g/mol. The van der Waals surface area contributed by atoms with E-state index in [1.54, 1.807) is 0 Å². The van der Waals surface area contributed by atoms with Gasteiger partial charge in [-0.3, -0.25) is 4.90 Å². The molecule has 110 valence electrons. The molecule has 2 fully saturated rings. The fourth-order valence-electron chi connectivity index (χ4n) is 3.82. The Morgan fingerprint density at radius 2 is 2.15 bits per heavy atom. The van der Waals surface area contributed by atoms with Crippen LogP contribution in [0.15, 0.2) is 18.2 Å². The predicted molar refractivity (Wildman–Crippen MR) is 79.8 cm³/mol. The van der Waals surface area contributed by atoms with E-state index in [4.69, 9.17) is 5.73 Å². The second-order valence-corrected chi connectivity index (χ2v) is 6.32. The molecule has 0 saturated carbocycles. The third kappa shape index (κ3) is 2.81. The van der Waals surface area contributed by atoms with Crippen molar-refractivity contribution >= 4 is 5.69 Å². The van der Waals surface area contributed by atoms with E-state index in [0.29, 0.717) is 5.69 Å². The standard InChI is InChI=1S/C16H24FN3/c1-19-7-2-3-13-11-20(8-6-16(13)19)10-12-4-5-14(17)9-15(12)18/h4-5,9,13,16H,2-3,6-8,10-11,18H2,1H3. The number of hydrogen-bond donors (Lipinski definition) is 1. The Morgan fingerprint density at radius 1 is 1.30 bits per heavy atom. The summed E-state index contributed by atoms with van der Waals surface area (Å²) in [5.41, 5.74) is 7.54. The second kappa shape index (κ2) is 5.70. The van der Waals surface area contributed by atoms with Gasteiger partial charge >= 0.3 is 0 Å². The second-order valence-electron chi connectivity index (χ2n) is 6.32. The SMILES string of the molecule is CN1CCCC2CN(Cc3ccc(F)cc3N)CCC21. The Balaban J connectivity index is 1.64. The van der Waals surface area contributed by atoms with Crippen molar-refractivity contribution in [3.05, 3.63) is 29.6 Å². The van der Waals surface area contributed by atoms with E-state index in [1.165, 1.54) is 37.9 Å². The third-order valence-electron chi connectivity index (χ3n) is 4.93. The highest BCUT2D eigenvalue weighted by Crippen LogP contribution is 2.30. The zero-order chi connectivity index (χ0) is 14.1. The number of nitrogens with zero attached hydrogens (tertiary/aromatic N) is 2. The van der Waals surface area contributed by atoms with Crippen molar-refractivity contribution in [2.45, 2.75) is 31.8 Å². The molecule has 2 N–H and O–H groups in total. The van der Waals surface area contributed by atoms with Gasteiger partial charge in [0.25, 0.3) is 0 Å². The van der Waals surface area contributed by atoms with Crippen LogP contribution in [0, 0.1) is 11.7 Å². The lowest BCUT2D eigenvalue weighted by molar-refractivity contribution is 0.0355. The normalized spacial score (nSPS) is 28.3. The molecule has 1 aromatic carbocycles. The van der Waals surface area contributed by atoms with Crippen molar-refractivity contribution in [1.29, 1.82) is 0 Å². The van der Waals surface area contributed by atoms with E-state index in [0.717, 1.165) is 37.2 Å². The van der Waals surface area contributed by atoms with Crippen LogP contribution in [-0.4, -0.2) is 42.5 Å². The van der Waals surface area contributed by atoms with Gasteiger partial charge in [0.1, 0.15) is 5.82 Å². The number of hydrogen-bond acceptors (Lipinski definition) is 3. The van der Waals surface area contributed by atoms with Gasteiger partial charge < -0.3 is 10.6 Å². The highest BCUT2D eigenvalue weighted by Gasteiger charge is 2.34. The van der Waals surface area contributed by atoms with Crippen LogP contribution in [0.25, 0.3) is 0 Å². The van der Waals surface area contributed by atoms with Crippen LogP contribution >= 0.6 is 0 Å². The van der Waals surface area contributed by atoms with Crippen molar-refractivity contribution in [1.82, 2.24) is 9.80 Å². The topological polar surface area (TPSA) is 32.5 Å². The summed E-state index contributed by atoms with van der Waals surface area (Å²) in [5.74, 6) is 0.531. The van der Waals surface area contributed by atoms with Crippen LogP contribution in [0.5, 0.6) is 0 Å². The van der Waals surface area contributed by atoms with E-state index < -0.39 is 0 Å². The van der Waals surface area contributed by atoms with Crippen molar-refractivity contribution in [3.63, 3.8) is 0 Å². The summed E-state index contributed by atoms with van der Waals surface area (Å²) in [6, 6.07) is 5.51. The Bertz CT molecular complexity index is 477. The van der Waals surface area contributed by atoms with E-state index in [9.17, 15) is 4.39 Å². The first-order valence-corrected chi connectivity index (χ1v) is 7.60. The molecule has 2 unspecified atom stereocenters. The van der Waals surface area contributed by atoms with E-state index >= 15 is 0 Å². The monoisotopic (exact) mass is 277 g/mol. The minimum atomic E-state index is -0.251. The summed E-state index contributed by atoms with van der Waals surface area (Å²) < 4.78 is 13.1. The smallest absolute Gasteiger partial charge is 0.125 e. The molecule has 0 amide bonds. The molecule has 2 heterocycles. The van der Waals surface area contributed by atoms with Crippen LogP contribution in [0.1, 0.15) is 24.8 Å². The molecule has 3 rings (SSSR count). The van der Waals surface area contributed by atoms with Gasteiger partial charge in [-0.1, -0.05) is 6.07 Å². The van der Waals surface area contributed by atoms with Gasteiger partial charge in [0.05, 0.1) is 0 Å². The summed E-state index contributed by atoms with van der Waals surface area (Å²) in [4.78, 5) is 5.00. The van der Waals surface area contributed by atoms with Crippen molar-refractivity contribution in [2.24, 2.45) is 5.92 Å². The Labute approximate surface area is 120 Å². The van der Waals surface area contributed by atoms with Gasteiger partial charge in [-0.05, 0) is 63.0 Å². The van der Waals surface area contributed by atoms with Crippen molar-refractivity contribution in [2.75, 3.05) is 32.4 Å². The zero-order valence-electron chi connectivity index (χ0n) is 12.2. The molecule has 0 spiro atoms.